The van der Waals surface area contributed by atoms with Crippen LogP contribution >= 0.6 is 12.6 Å². The summed E-state index contributed by atoms with van der Waals surface area (Å²) in [5.74, 6) is -0.508. The number of alkyl halides is 1. The molecule has 9 heteroatoms. The lowest BCUT2D eigenvalue weighted by Gasteiger charge is -2.12. The highest BCUT2D eigenvalue weighted by Gasteiger charge is 2.11. The Morgan fingerprint density at radius 2 is 1.75 bits per heavy atom. The zero-order valence-electron chi connectivity index (χ0n) is 14.5. The third-order valence-corrected chi connectivity index (χ3v) is 2.90. The van der Waals surface area contributed by atoms with Gasteiger partial charge in [-0.1, -0.05) is 0 Å². The van der Waals surface area contributed by atoms with Crippen molar-refractivity contribution in [1.82, 2.24) is 10.6 Å². The number of hydrogen-bond donors (Lipinski definition) is 3. The molecule has 0 aliphatic carbocycles. The average Bonchev–Trinajstić information content (AvgIpc) is 2.52. The Kier molecular flexibility index (Phi) is 13.9. The number of carbonyl (C=O) groups is 2. The van der Waals surface area contributed by atoms with Crippen LogP contribution in [-0.2, 0) is 23.8 Å². The fourth-order valence-corrected chi connectivity index (χ4v) is 1.50. The van der Waals surface area contributed by atoms with Gasteiger partial charge in [-0.3, -0.25) is 9.59 Å². The number of ether oxygens (including phenoxy) is 3. The van der Waals surface area contributed by atoms with E-state index in [-0.39, 0.29) is 44.3 Å². The molecule has 0 heterocycles. The van der Waals surface area contributed by atoms with Crippen LogP contribution in [0.25, 0.3) is 0 Å². The van der Waals surface area contributed by atoms with Crippen molar-refractivity contribution in [3.8, 4) is 0 Å². The van der Waals surface area contributed by atoms with E-state index in [1.54, 1.807) is 6.92 Å². The van der Waals surface area contributed by atoms with Crippen molar-refractivity contribution in [3.05, 3.63) is 0 Å². The largest absolute Gasteiger partial charge is 0.377 e. The molecule has 2 amide bonds. The van der Waals surface area contributed by atoms with Gasteiger partial charge in [-0.05, 0) is 20.8 Å². The van der Waals surface area contributed by atoms with Gasteiger partial charge in [0.2, 0.25) is 11.8 Å². The topological polar surface area (TPSA) is 85.9 Å². The molecule has 7 nitrogen and oxygen atoms in total. The third-order valence-electron chi connectivity index (χ3n) is 2.66. The van der Waals surface area contributed by atoms with Crippen molar-refractivity contribution >= 4 is 24.4 Å². The summed E-state index contributed by atoms with van der Waals surface area (Å²) < 4.78 is 28.9. The molecule has 0 bridgehead atoms. The second-order valence-electron chi connectivity index (χ2n) is 5.42. The first-order valence-corrected chi connectivity index (χ1v) is 8.48. The Morgan fingerprint density at radius 1 is 1.08 bits per heavy atom. The van der Waals surface area contributed by atoms with Gasteiger partial charge in [0.1, 0.15) is 12.8 Å². The molecular formula is C15H29FN2O5S. The summed E-state index contributed by atoms with van der Waals surface area (Å²) in [7, 11) is 0. The molecule has 0 aromatic rings. The van der Waals surface area contributed by atoms with Crippen LogP contribution in [-0.4, -0.2) is 75.5 Å². The van der Waals surface area contributed by atoms with Crippen LogP contribution in [0.15, 0.2) is 0 Å². The molecule has 0 saturated carbocycles. The fraction of sp³-hybridized carbons (Fsp3) is 0.867. The second kappa shape index (κ2) is 14.4. The van der Waals surface area contributed by atoms with Gasteiger partial charge in [-0.25, -0.2) is 4.39 Å². The highest BCUT2D eigenvalue weighted by molar-refractivity contribution is 7.81. The molecular weight excluding hydrogens is 339 g/mol. The maximum Gasteiger partial charge on any atom is 0.246 e. The Morgan fingerprint density at radius 3 is 2.38 bits per heavy atom. The molecule has 2 unspecified atom stereocenters. The predicted molar refractivity (Wildman–Crippen MR) is 92.1 cm³/mol. The SMILES string of the molecule is CC(C)OCC(=O)NCCOCCOCC(F)CNC(=O)C(C)S. The molecule has 0 rings (SSSR count). The monoisotopic (exact) mass is 368 g/mol. The van der Waals surface area contributed by atoms with Crippen LogP contribution in [0.3, 0.4) is 0 Å². The minimum Gasteiger partial charge on any atom is -0.377 e. The van der Waals surface area contributed by atoms with Crippen LogP contribution in [0.2, 0.25) is 0 Å². The molecule has 0 radical (unpaired) electrons. The average molecular weight is 368 g/mol. The first kappa shape index (κ1) is 23.1. The van der Waals surface area contributed by atoms with Crippen LogP contribution in [0.5, 0.6) is 0 Å². The number of amides is 2. The summed E-state index contributed by atoms with van der Waals surface area (Å²) in [5, 5.41) is 4.61. The molecule has 24 heavy (non-hydrogen) atoms. The highest BCUT2D eigenvalue weighted by Crippen LogP contribution is 1.94. The van der Waals surface area contributed by atoms with Crippen molar-refractivity contribution in [2.75, 3.05) is 46.1 Å². The minimum absolute atomic E-state index is 0.0121. The predicted octanol–water partition coefficient (Wildman–Crippen LogP) is 0.333. The Hall–Kier alpha value is -0.900. The fourth-order valence-electron chi connectivity index (χ4n) is 1.41. The quantitative estimate of drug-likeness (QED) is 0.304. The Labute approximate surface area is 148 Å². The van der Waals surface area contributed by atoms with Gasteiger partial charge in [-0.2, -0.15) is 12.6 Å². The Bertz CT molecular complexity index is 359. The van der Waals surface area contributed by atoms with Crippen LogP contribution in [0, 0.1) is 0 Å². The van der Waals surface area contributed by atoms with E-state index in [4.69, 9.17) is 14.2 Å². The molecule has 0 aromatic carbocycles. The summed E-state index contributed by atoms with van der Waals surface area (Å²) >= 11 is 3.94. The number of rotatable bonds is 14. The van der Waals surface area contributed by atoms with Crippen LogP contribution < -0.4 is 10.6 Å². The second-order valence-corrected chi connectivity index (χ2v) is 6.19. The summed E-state index contributed by atoms with van der Waals surface area (Å²) in [6, 6.07) is 0. The highest BCUT2D eigenvalue weighted by atomic mass is 32.1. The molecule has 142 valence electrons. The van der Waals surface area contributed by atoms with Gasteiger partial charge < -0.3 is 24.8 Å². The van der Waals surface area contributed by atoms with E-state index in [2.05, 4.69) is 23.3 Å². The minimum atomic E-state index is -1.28. The van der Waals surface area contributed by atoms with Crippen molar-refractivity contribution in [2.45, 2.75) is 38.3 Å². The van der Waals surface area contributed by atoms with E-state index < -0.39 is 11.4 Å². The summed E-state index contributed by atoms with van der Waals surface area (Å²) in [6.07, 6.45) is -1.26. The van der Waals surface area contributed by atoms with E-state index in [9.17, 15) is 14.0 Å². The van der Waals surface area contributed by atoms with E-state index in [1.165, 1.54) is 0 Å². The molecule has 0 aromatic heterocycles. The van der Waals surface area contributed by atoms with Gasteiger partial charge in [0, 0.05) is 6.54 Å². The van der Waals surface area contributed by atoms with Crippen molar-refractivity contribution in [1.29, 1.82) is 0 Å². The first-order valence-electron chi connectivity index (χ1n) is 7.96. The molecule has 0 saturated heterocycles. The van der Waals surface area contributed by atoms with E-state index in [1.807, 2.05) is 13.8 Å². The number of halogens is 1. The smallest absolute Gasteiger partial charge is 0.246 e. The van der Waals surface area contributed by atoms with Crippen LogP contribution in [0.4, 0.5) is 4.39 Å². The van der Waals surface area contributed by atoms with Crippen molar-refractivity contribution in [3.63, 3.8) is 0 Å². The molecule has 0 spiro atoms. The first-order chi connectivity index (χ1) is 11.3. The molecule has 0 fully saturated rings. The number of nitrogens with one attached hydrogen (secondary N) is 2. The van der Waals surface area contributed by atoms with Crippen molar-refractivity contribution in [2.24, 2.45) is 0 Å². The molecule has 0 aliphatic heterocycles. The molecule has 0 aliphatic rings. The maximum absolute atomic E-state index is 13.4. The number of thiol groups is 1. The Balaban J connectivity index is 3.38. The summed E-state index contributed by atoms with van der Waals surface area (Å²) in [5.41, 5.74) is 0. The van der Waals surface area contributed by atoms with Gasteiger partial charge in [0.15, 0.2) is 0 Å². The normalized spacial score (nSPS) is 13.6. The van der Waals surface area contributed by atoms with Gasteiger partial charge in [0.25, 0.3) is 0 Å². The van der Waals surface area contributed by atoms with Crippen molar-refractivity contribution < 1.29 is 28.2 Å². The van der Waals surface area contributed by atoms with E-state index in [0.717, 1.165) is 0 Å². The zero-order valence-corrected chi connectivity index (χ0v) is 15.4. The van der Waals surface area contributed by atoms with Crippen LogP contribution in [0.1, 0.15) is 20.8 Å². The van der Waals surface area contributed by atoms with E-state index >= 15 is 0 Å². The summed E-state index contributed by atoms with van der Waals surface area (Å²) in [6.45, 7) is 6.38. The third kappa shape index (κ3) is 14.7. The molecule has 2 atom stereocenters. The van der Waals surface area contributed by atoms with Gasteiger partial charge in [0.05, 0.1) is 44.3 Å². The van der Waals surface area contributed by atoms with Gasteiger partial charge in [-0.15, -0.1) is 0 Å². The lowest BCUT2D eigenvalue weighted by Crippen LogP contribution is -2.36. The standard InChI is InChI=1S/C15H29FN2O5S/c1-11(2)23-10-14(19)17-4-5-21-6-7-22-9-13(16)8-18-15(20)12(3)24/h11-13,24H,4-10H2,1-3H3,(H,17,19)(H,18,20). The lowest BCUT2D eigenvalue weighted by molar-refractivity contribution is -0.127. The lowest BCUT2D eigenvalue weighted by atomic mass is 10.3. The maximum atomic E-state index is 13.4. The number of hydrogen-bond acceptors (Lipinski definition) is 6. The van der Waals surface area contributed by atoms with Gasteiger partial charge >= 0.3 is 0 Å². The summed E-state index contributed by atoms with van der Waals surface area (Å²) in [4.78, 5) is 22.5. The zero-order chi connectivity index (χ0) is 18.4. The number of carbonyl (C=O) groups excluding carboxylic acids is 2. The molecule has 2 N–H and O–H groups in total. The van der Waals surface area contributed by atoms with E-state index in [0.29, 0.717) is 19.8 Å².